The molecule has 0 heterocycles. The van der Waals surface area contributed by atoms with E-state index in [0.717, 1.165) is 32.0 Å². The minimum atomic E-state index is -0.487. The quantitative estimate of drug-likeness (QED) is 0.395. The first-order valence-corrected chi connectivity index (χ1v) is 5.29. The Morgan fingerprint density at radius 3 is 2.64 bits per heavy atom. The lowest BCUT2D eigenvalue weighted by molar-refractivity contribution is -0.537. The third-order valence-electron chi connectivity index (χ3n) is 3.25. The van der Waals surface area contributed by atoms with Crippen LogP contribution in [-0.4, -0.2) is 17.3 Å². The molecule has 0 bridgehead atoms. The number of hydrogen-bond acceptors (Lipinski definition) is 3. The van der Waals surface area contributed by atoms with Gasteiger partial charge < -0.3 is 4.79 Å². The third kappa shape index (κ3) is 2.30. The summed E-state index contributed by atoms with van der Waals surface area (Å²) in [6.45, 7) is 1.92. The number of nitrogens with zero attached hydrogens (tertiary/aromatic N) is 1. The summed E-state index contributed by atoms with van der Waals surface area (Å²) in [4.78, 5) is 21.4. The average Bonchev–Trinajstić information content (AvgIpc) is 2.20. The number of hydrogen-bond donors (Lipinski definition) is 0. The molecule has 1 saturated carbocycles. The molecular weight excluding hydrogens is 182 g/mol. The molecule has 3 atom stereocenters. The van der Waals surface area contributed by atoms with E-state index in [9.17, 15) is 14.9 Å². The van der Waals surface area contributed by atoms with E-state index < -0.39 is 6.04 Å². The molecule has 0 spiro atoms. The van der Waals surface area contributed by atoms with Crippen LogP contribution in [0.4, 0.5) is 0 Å². The molecule has 0 saturated heterocycles. The van der Waals surface area contributed by atoms with E-state index in [4.69, 9.17) is 0 Å². The Morgan fingerprint density at radius 1 is 1.50 bits per heavy atom. The summed E-state index contributed by atoms with van der Waals surface area (Å²) < 4.78 is 0. The summed E-state index contributed by atoms with van der Waals surface area (Å²) in [5.41, 5.74) is 0. The van der Waals surface area contributed by atoms with Crippen LogP contribution >= 0.6 is 0 Å². The molecule has 0 aromatic carbocycles. The molecule has 1 aliphatic rings. The zero-order valence-corrected chi connectivity index (χ0v) is 8.52. The highest BCUT2D eigenvalue weighted by Crippen LogP contribution is 2.32. The molecule has 1 rings (SSSR count). The SMILES string of the molecule is CC[C@@H](C=O)[C@@H]1CCCC[C@@H]1[N+](=O)[O-]. The highest BCUT2D eigenvalue weighted by molar-refractivity contribution is 5.54. The summed E-state index contributed by atoms with van der Waals surface area (Å²) in [5, 5.41) is 10.8. The van der Waals surface area contributed by atoms with Crippen LogP contribution in [0, 0.1) is 22.0 Å². The fourth-order valence-electron chi connectivity index (χ4n) is 2.40. The maximum Gasteiger partial charge on any atom is 0.216 e. The largest absolute Gasteiger partial charge is 0.303 e. The smallest absolute Gasteiger partial charge is 0.216 e. The number of nitro groups is 1. The van der Waals surface area contributed by atoms with Crippen molar-refractivity contribution in [3.63, 3.8) is 0 Å². The van der Waals surface area contributed by atoms with Crippen LogP contribution in [0.5, 0.6) is 0 Å². The summed E-state index contributed by atoms with van der Waals surface area (Å²) in [5.74, 6) is -0.146. The lowest BCUT2D eigenvalue weighted by Crippen LogP contribution is -2.37. The van der Waals surface area contributed by atoms with E-state index in [1.807, 2.05) is 6.92 Å². The van der Waals surface area contributed by atoms with Crippen molar-refractivity contribution in [3.05, 3.63) is 10.1 Å². The Morgan fingerprint density at radius 2 is 2.14 bits per heavy atom. The standard InChI is InChI=1S/C10H17NO3/c1-2-8(7-12)9-5-3-4-6-10(9)11(13)14/h7-10H,2-6H2,1H3/t8-,9-,10-/m0/s1. The first-order chi connectivity index (χ1) is 6.70. The topological polar surface area (TPSA) is 60.2 Å². The van der Waals surface area contributed by atoms with Gasteiger partial charge in [0, 0.05) is 23.2 Å². The zero-order valence-electron chi connectivity index (χ0n) is 8.52. The van der Waals surface area contributed by atoms with Crippen LogP contribution in [0.2, 0.25) is 0 Å². The van der Waals surface area contributed by atoms with E-state index in [1.54, 1.807) is 0 Å². The van der Waals surface area contributed by atoms with Crippen LogP contribution < -0.4 is 0 Å². The summed E-state index contributed by atoms with van der Waals surface area (Å²) in [6.07, 6.45) is 5.05. The molecule has 1 aliphatic carbocycles. The molecule has 4 heteroatoms. The monoisotopic (exact) mass is 199 g/mol. The van der Waals surface area contributed by atoms with Crippen molar-refractivity contribution in [1.82, 2.24) is 0 Å². The second-order valence-electron chi connectivity index (χ2n) is 4.01. The van der Waals surface area contributed by atoms with Crippen molar-refractivity contribution in [2.45, 2.75) is 45.1 Å². The molecule has 0 aliphatic heterocycles. The van der Waals surface area contributed by atoms with Crippen LogP contribution in [-0.2, 0) is 4.79 Å². The van der Waals surface area contributed by atoms with Gasteiger partial charge in [-0.25, -0.2) is 0 Å². The van der Waals surface area contributed by atoms with Gasteiger partial charge in [0.2, 0.25) is 6.04 Å². The Kier molecular flexibility index (Phi) is 4.04. The lowest BCUT2D eigenvalue weighted by atomic mass is 9.76. The predicted molar refractivity (Wildman–Crippen MR) is 52.6 cm³/mol. The molecule has 0 aromatic rings. The van der Waals surface area contributed by atoms with Crippen molar-refractivity contribution in [2.24, 2.45) is 11.8 Å². The lowest BCUT2D eigenvalue weighted by Gasteiger charge is -2.28. The summed E-state index contributed by atoms with van der Waals surface area (Å²) >= 11 is 0. The normalized spacial score (nSPS) is 29.5. The van der Waals surface area contributed by atoms with Crippen molar-refractivity contribution < 1.29 is 9.72 Å². The van der Waals surface area contributed by atoms with Gasteiger partial charge >= 0.3 is 0 Å². The number of carbonyl (C=O) groups is 1. The molecule has 14 heavy (non-hydrogen) atoms. The Labute approximate surface area is 83.8 Å². The van der Waals surface area contributed by atoms with Gasteiger partial charge in [0.1, 0.15) is 6.29 Å². The highest BCUT2D eigenvalue weighted by atomic mass is 16.6. The zero-order chi connectivity index (χ0) is 10.6. The minimum Gasteiger partial charge on any atom is -0.303 e. The van der Waals surface area contributed by atoms with Crippen molar-refractivity contribution in [1.29, 1.82) is 0 Å². The molecule has 0 radical (unpaired) electrons. The van der Waals surface area contributed by atoms with E-state index in [2.05, 4.69) is 0 Å². The maximum atomic E-state index is 10.8. The van der Waals surface area contributed by atoms with Gasteiger partial charge in [-0.3, -0.25) is 10.1 Å². The second-order valence-corrected chi connectivity index (χ2v) is 4.01. The fourth-order valence-corrected chi connectivity index (χ4v) is 2.40. The molecule has 0 aromatic heterocycles. The molecular formula is C10H17NO3. The minimum absolute atomic E-state index is 0.0266. The molecule has 1 fully saturated rings. The van der Waals surface area contributed by atoms with E-state index >= 15 is 0 Å². The van der Waals surface area contributed by atoms with E-state index in [0.29, 0.717) is 6.42 Å². The van der Waals surface area contributed by atoms with Gasteiger partial charge in [-0.15, -0.1) is 0 Å². The average molecular weight is 199 g/mol. The highest BCUT2D eigenvalue weighted by Gasteiger charge is 2.38. The van der Waals surface area contributed by atoms with Gasteiger partial charge in [0.05, 0.1) is 0 Å². The van der Waals surface area contributed by atoms with E-state index in [-0.39, 0.29) is 16.8 Å². The second kappa shape index (κ2) is 5.08. The summed E-state index contributed by atoms with van der Waals surface area (Å²) in [7, 11) is 0. The van der Waals surface area contributed by atoms with Crippen molar-refractivity contribution in [2.75, 3.05) is 0 Å². The van der Waals surface area contributed by atoms with Gasteiger partial charge in [-0.2, -0.15) is 0 Å². The summed E-state index contributed by atoms with van der Waals surface area (Å²) in [6, 6.07) is -0.487. The Balaban J connectivity index is 2.70. The van der Waals surface area contributed by atoms with Crippen molar-refractivity contribution >= 4 is 6.29 Å². The van der Waals surface area contributed by atoms with E-state index in [1.165, 1.54) is 0 Å². The Hall–Kier alpha value is -0.930. The van der Waals surface area contributed by atoms with Crippen LogP contribution in [0.1, 0.15) is 39.0 Å². The molecule has 80 valence electrons. The predicted octanol–water partition coefficient (Wildman–Crippen LogP) is 2.05. The molecule has 4 nitrogen and oxygen atoms in total. The van der Waals surface area contributed by atoms with Gasteiger partial charge in [0.25, 0.3) is 0 Å². The van der Waals surface area contributed by atoms with Gasteiger partial charge in [0.15, 0.2) is 0 Å². The first-order valence-electron chi connectivity index (χ1n) is 5.29. The first kappa shape index (κ1) is 11.1. The van der Waals surface area contributed by atoms with Crippen molar-refractivity contribution in [3.8, 4) is 0 Å². The number of aldehydes is 1. The molecule has 0 N–H and O–H groups in total. The molecule has 0 unspecified atom stereocenters. The van der Waals surface area contributed by atoms with Crippen LogP contribution in [0.25, 0.3) is 0 Å². The molecule has 0 amide bonds. The Bertz CT molecular complexity index is 217. The number of carbonyl (C=O) groups excluding carboxylic acids is 1. The maximum absolute atomic E-state index is 10.8. The van der Waals surface area contributed by atoms with Gasteiger partial charge in [-0.1, -0.05) is 13.3 Å². The fraction of sp³-hybridized carbons (Fsp3) is 0.900. The van der Waals surface area contributed by atoms with Crippen LogP contribution in [0.3, 0.4) is 0 Å². The van der Waals surface area contributed by atoms with Crippen LogP contribution in [0.15, 0.2) is 0 Å². The number of rotatable bonds is 4. The third-order valence-corrected chi connectivity index (χ3v) is 3.25. The van der Waals surface area contributed by atoms with Gasteiger partial charge in [-0.05, 0) is 19.3 Å².